The highest BCUT2D eigenvalue weighted by atomic mass is 16.6. The topological polar surface area (TPSA) is 107 Å². The van der Waals surface area contributed by atoms with Gasteiger partial charge in [0.1, 0.15) is 17.3 Å². The third-order valence-electron chi connectivity index (χ3n) is 4.04. The van der Waals surface area contributed by atoms with Crippen LogP contribution in [0.3, 0.4) is 0 Å². The van der Waals surface area contributed by atoms with Crippen LogP contribution < -0.4 is 10.2 Å². The predicted octanol–water partition coefficient (Wildman–Crippen LogP) is 4.00. The molecule has 148 valence electrons. The Morgan fingerprint density at radius 2 is 2.03 bits per heavy atom. The van der Waals surface area contributed by atoms with E-state index in [-0.39, 0.29) is 12.3 Å². The summed E-state index contributed by atoms with van der Waals surface area (Å²) in [4.78, 5) is 22.3. The highest BCUT2D eigenvalue weighted by Gasteiger charge is 2.10. The van der Waals surface area contributed by atoms with Gasteiger partial charge >= 0.3 is 0 Å². The van der Waals surface area contributed by atoms with Gasteiger partial charge in [-0.05, 0) is 37.6 Å². The van der Waals surface area contributed by atoms with Crippen LogP contribution in [0.15, 0.2) is 64.1 Å². The Labute approximate surface area is 167 Å². The van der Waals surface area contributed by atoms with E-state index in [0.29, 0.717) is 22.8 Å². The van der Waals surface area contributed by atoms with Crippen molar-refractivity contribution in [2.45, 2.75) is 13.8 Å². The van der Waals surface area contributed by atoms with Gasteiger partial charge in [0.05, 0.1) is 11.1 Å². The van der Waals surface area contributed by atoms with Crippen molar-refractivity contribution in [3.8, 4) is 17.1 Å². The van der Waals surface area contributed by atoms with E-state index in [1.165, 1.54) is 18.3 Å². The Balaban J connectivity index is 1.55. The average Bonchev–Trinajstić information content (AvgIpc) is 3.16. The summed E-state index contributed by atoms with van der Waals surface area (Å²) in [5.41, 5.74) is 4.98. The number of nitrogens with zero attached hydrogens (tertiary/aromatic N) is 2. The summed E-state index contributed by atoms with van der Waals surface area (Å²) in [6.45, 7) is 3.73. The molecule has 0 spiro atoms. The third kappa shape index (κ3) is 5.29. The third-order valence-corrected chi connectivity index (χ3v) is 4.04. The van der Waals surface area contributed by atoms with E-state index >= 15 is 0 Å². The highest BCUT2D eigenvalue weighted by molar-refractivity contribution is 5.81. The molecule has 8 heteroatoms. The Morgan fingerprint density at radius 3 is 2.79 bits per heavy atom. The fourth-order valence-electron chi connectivity index (χ4n) is 2.65. The molecule has 3 aromatic rings. The van der Waals surface area contributed by atoms with Crippen LogP contribution in [0, 0.1) is 24.0 Å². The SMILES string of the molecule is Cc1ccc(OCC(=O)N/N=C/c2ccc(-c3cccc([N+](=O)[O-])c3)o2)c(C)c1. The zero-order chi connectivity index (χ0) is 20.8. The van der Waals surface area contributed by atoms with Crippen LogP contribution in [0.5, 0.6) is 5.75 Å². The zero-order valence-electron chi connectivity index (χ0n) is 15.9. The lowest BCUT2D eigenvalue weighted by molar-refractivity contribution is -0.384. The minimum atomic E-state index is -0.468. The van der Waals surface area contributed by atoms with Crippen molar-refractivity contribution in [1.29, 1.82) is 0 Å². The monoisotopic (exact) mass is 393 g/mol. The van der Waals surface area contributed by atoms with Gasteiger partial charge in [0.15, 0.2) is 6.61 Å². The molecule has 0 bridgehead atoms. The number of hydrazone groups is 1. The molecule has 0 atom stereocenters. The number of benzene rings is 2. The van der Waals surface area contributed by atoms with E-state index < -0.39 is 10.8 Å². The standard InChI is InChI=1S/C21H19N3O5/c1-14-6-8-19(15(2)10-14)28-13-21(25)23-22-12-18-7-9-20(29-18)16-4-3-5-17(11-16)24(26)27/h3-12H,13H2,1-2H3,(H,23,25)/b22-12+. The number of carbonyl (C=O) groups excluding carboxylic acids is 1. The summed E-state index contributed by atoms with van der Waals surface area (Å²) in [6, 6.07) is 15.1. The van der Waals surface area contributed by atoms with Gasteiger partial charge in [0.2, 0.25) is 0 Å². The molecule has 0 unspecified atom stereocenters. The molecule has 0 saturated carbocycles. The lowest BCUT2D eigenvalue weighted by Crippen LogP contribution is -2.24. The number of carbonyl (C=O) groups is 1. The summed E-state index contributed by atoms with van der Waals surface area (Å²) in [5.74, 6) is 1.08. The van der Waals surface area contributed by atoms with Gasteiger partial charge in [-0.1, -0.05) is 29.8 Å². The van der Waals surface area contributed by atoms with E-state index in [4.69, 9.17) is 9.15 Å². The van der Waals surface area contributed by atoms with Gasteiger partial charge in [0.25, 0.3) is 11.6 Å². The first kappa shape index (κ1) is 19.8. The van der Waals surface area contributed by atoms with Crippen molar-refractivity contribution >= 4 is 17.8 Å². The average molecular weight is 393 g/mol. The fraction of sp³-hybridized carbons (Fsp3) is 0.143. The normalized spacial score (nSPS) is 10.8. The molecule has 29 heavy (non-hydrogen) atoms. The maximum atomic E-state index is 11.9. The molecule has 0 saturated heterocycles. The van der Waals surface area contributed by atoms with Crippen molar-refractivity contribution in [3.63, 3.8) is 0 Å². The molecule has 2 aromatic carbocycles. The van der Waals surface area contributed by atoms with Crippen LogP contribution >= 0.6 is 0 Å². The number of aryl methyl sites for hydroxylation is 2. The van der Waals surface area contributed by atoms with Gasteiger partial charge in [-0.25, -0.2) is 5.43 Å². The van der Waals surface area contributed by atoms with E-state index in [2.05, 4.69) is 10.5 Å². The minimum absolute atomic E-state index is 0.0230. The lowest BCUT2D eigenvalue weighted by atomic mass is 10.1. The first-order valence-corrected chi connectivity index (χ1v) is 8.79. The van der Waals surface area contributed by atoms with E-state index in [1.54, 1.807) is 24.3 Å². The van der Waals surface area contributed by atoms with Gasteiger partial charge in [-0.2, -0.15) is 5.10 Å². The lowest BCUT2D eigenvalue weighted by Gasteiger charge is -2.08. The summed E-state index contributed by atoms with van der Waals surface area (Å²) >= 11 is 0. The number of furan rings is 1. The second-order valence-electron chi connectivity index (χ2n) is 6.36. The first-order chi connectivity index (χ1) is 13.9. The van der Waals surface area contributed by atoms with E-state index in [0.717, 1.165) is 11.1 Å². The molecule has 0 aliphatic carbocycles. The zero-order valence-corrected chi connectivity index (χ0v) is 15.9. The Kier molecular flexibility index (Phi) is 6.03. The molecule has 1 N–H and O–H groups in total. The Morgan fingerprint density at radius 1 is 1.21 bits per heavy atom. The van der Waals surface area contributed by atoms with Crippen LogP contribution in [-0.2, 0) is 4.79 Å². The van der Waals surface area contributed by atoms with Crippen molar-refractivity contribution < 1.29 is 18.9 Å². The van der Waals surface area contributed by atoms with Crippen molar-refractivity contribution in [2.24, 2.45) is 5.10 Å². The second kappa shape index (κ2) is 8.83. The highest BCUT2D eigenvalue weighted by Crippen LogP contribution is 2.25. The number of rotatable bonds is 7. The van der Waals surface area contributed by atoms with E-state index in [9.17, 15) is 14.9 Å². The Bertz CT molecular complexity index is 1070. The number of nitrogens with one attached hydrogen (secondary N) is 1. The molecule has 0 aliphatic rings. The quantitative estimate of drug-likeness (QED) is 0.371. The Hall–Kier alpha value is -3.94. The van der Waals surface area contributed by atoms with Crippen LogP contribution in [0.2, 0.25) is 0 Å². The van der Waals surface area contributed by atoms with Gasteiger partial charge < -0.3 is 9.15 Å². The molecule has 1 heterocycles. The minimum Gasteiger partial charge on any atom is -0.483 e. The van der Waals surface area contributed by atoms with E-state index in [1.807, 2.05) is 32.0 Å². The fourth-order valence-corrected chi connectivity index (χ4v) is 2.65. The number of hydrogen-bond acceptors (Lipinski definition) is 6. The summed E-state index contributed by atoms with van der Waals surface area (Å²) in [7, 11) is 0. The number of nitro groups is 1. The first-order valence-electron chi connectivity index (χ1n) is 8.79. The maximum Gasteiger partial charge on any atom is 0.277 e. The molecule has 3 rings (SSSR count). The summed E-state index contributed by atoms with van der Waals surface area (Å²) in [6.07, 6.45) is 1.34. The molecule has 1 amide bonds. The van der Waals surface area contributed by atoms with Crippen LogP contribution in [0.4, 0.5) is 5.69 Å². The van der Waals surface area contributed by atoms with Gasteiger partial charge in [-0.3, -0.25) is 14.9 Å². The second-order valence-corrected chi connectivity index (χ2v) is 6.36. The number of ether oxygens (including phenoxy) is 1. The van der Waals surface area contributed by atoms with Gasteiger partial charge in [0, 0.05) is 17.7 Å². The predicted molar refractivity (Wildman–Crippen MR) is 108 cm³/mol. The van der Waals surface area contributed by atoms with Crippen LogP contribution in [0.1, 0.15) is 16.9 Å². The molecule has 1 aromatic heterocycles. The molecule has 8 nitrogen and oxygen atoms in total. The molecular formula is C21H19N3O5. The number of nitro benzene ring substituents is 1. The summed E-state index contributed by atoms with van der Waals surface area (Å²) in [5, 5.41) is 14.7. The number of amides is 1. The van der Waals surface area contributed by atoms with Crippen molar-refractivity contribution in [3.05, 3.63) is 81.6 Å². The maximum absolute atomic E-state index is 11.9. The van der Waals surface area contributed by atoms with Gasteiger partial charge in [-0.15, -0.1) is 0 Å². The molecular weight excluding hydrogens is 374 g/mol. The van der Waals surface area contributed by atoms with Crippen molar-refractivity contribution in [2.75, 3.05) is 6.61 Å². The van der Waals surface area contributed by atoms with Crippen LogP contribution in [-0.4, -0.2) is 23.7 Å². The number of hydrogen-bond donors (Lipinski definition) is 1. The molecule has 0 aliphatic heterocycles. The summed E-state index contributed by atoms with van der Waals surface area (Å²) < 4.78 is 11.1. The molecule has 0 fully saturated rings. The largest absolute Gasteiger partial charge is 0.483 e. The number of non-ortho nitro benzene ring substituents is 1. The smallest absolute Gasteiger partial charge is 0.277 e. The van der Waals surface area contributed by atoms with Crippen LogP contribution in [0.25, 0.3) is 11.3 Å². The molecule has 0 radical (unpaired) electrons. The van der Waals surface area contributed by atoms with Crippen molar-refractivity contribution in [1.82, 2.24) is 5.43 Å².